The summed E-state index contributed by atoms with van der Waals surface area (Å²) in [4.78, 5) is 12.7. The number of carbonyl (C=O) groups is 1. The molecule has 0 saturated carbocycles. The van der Waals surface area contributed by atoms with Crippen molar-refractivity contribution in [3.05, 3.63) is 42.2 Å². The van der Waals surface area contributed by atoms with E-state index in [4.69, 9.17) is 0 Å². The van der Waals surface area contributed by atoms with E-state index in [1.54, 1.807) is 0 Å². The summed E-state index contributed by atoms with van der Waals surface area (Å²) in [6.07, 6.45) is 2.28. The van der Waals surface area contributed by atoms with Gasteiger partial charge in [-0.15, -0.1) is 5.10 Å². The lowest BCUT2D eigenvalue weighted by Crippen LogP contribution is -2.45. The molecule has 22 heavy (non-hydrogen) atoms. The molecule has 0 aliphatic rings. The third kappa shape index (κ3) is 3.67. The van der Waals surface area contributed by atoms with Crippen molar-refractivity contribution >= 4 is 5.91 Å². The van der Waals surface area contributed by atoms with Crippen LogP contribution in [0.15, 0.2) is 36.7 Å². The van der Waals surface area contributed by atoms with Crippen LogP contribution in [0.1, 0.15) is 31.9 Å². The van der Waals surface area contributed by atoms with Crippen LogP contribution in [0.5, 0.6) is 0 Å². The van der Waals surface area contributed by atoms with Crippen LogP contribution in [0.3, 0.4) is 0 Å². The Morgan fingerprint density at radius 2 is 2.09 bits per heavy atom. The van der Waals surface area contributed by atoms with E-state index in [0.29, 0.717) is 0 Å². The van der Waals surface area contributed by atoms with E-state index in [9.17, 15) is 9.90 Å². The Kier molecular flexibility index (Phi) is 5.60. The molecule has 118 valence electrons. The highest BCUT2D eigenvalue weighted by Gasteiger charge is 2.27. The zero-order chi connectivity index (χ0) is 15.9. The van der Waals surface area contributed by atoms with Gasteiger partial charge in [0.15, 0.2) is 6.04 Å². The number of rotatable bonds is 7. The third-order valence-corrected chi connectivity index (χ3v) is 3.85. The summed E-state index contributed by atoms with van der Waals surface area (Å²) in [6.45, 7) is 3.92. The first kappa shape index (κ1) is 16.1. The number of nitrogens with one attached hydrogen (secondary N) is 1. The lowest BCUT2D eigenvalue weighted by Gasteiger charge is -2.25. The monoisotopic (exact) mass is 303 g/mol. The van der Waals surface area contributed by atoms with Crippen molar-refractivity contribution in [3.8, 4) is 0 Å². The van der Waals surface area contributed by atoms with Crippen molar-refractivity contribution in [2.24, 2.45) is 5.92 Å². The molecule has 0 radical (unpaired) electrons. The smallest absolute Gasteiger partial charge is 0.249 e. The molecule has 7 heteroatoms. The zero-order valence-corrected chi connectivity index (χ0v) is 12.8. The molecule has 0 aliphatic carbocycles. The molecular formula is C15H21N5O2. The Balaban J connectivity index is 2.24. The quantitative estimate of drug-likeness (QED) is 0.788. The predicted octanol–water partition coefficient (Wildman–Crippen LogP) is 0.786. The van der Waals surface area contributed by atoms with Crippen LogP contribution in [0.2, 0.25) is 0 Å². The van der Waals surface area contributed by atoms with E-state index in [2.05, 4.69) is 20.8 Å². The van der Waals surface area contributed by atoms with Crippen molar-refractivity contribution < 1.29 is 9.90 Å². The SMILES string of the molecule is CCC(C)C(CO)NC(=O)C(c1ccccc1)n1cnnn1. The Labute approximate surface area is 129 Å². The number of benzene rings is 1. The molecule has 1 aromatic heterocycles. The molecule has 2 N–H and O–H groups in total. The first-order valence-corrected chi connectivity index (χ1v) is 7.36. The molecule has 3 atom stereocenters. The zero-order valence-electron chi connectivity index (χ0n) is 12.8. The number of carbonyl (C=O) groups excluding carboxylic acids is 1. The summed E-state index contributed by atoms with van der Waals surface area (Å²) in [6, 6.07) is 8.35. The van der Waals surface area contributed by atoms with Crippen LogP contribution in [0.4, 0.5) is 0 Å². The number of amides is 1. The average Bonchev–Trinajstić information content (AvgIpc) is 3.07. The van der Waals surface area contributed by atoms with Gasteiger partial charge in [0, 0.05) is 0 Å². The van der Waals surface area contributed by atoms with Gasteiger partial charge in [0.25, 0.3) is 0 Å². The van der Waals surface area contributed by atoms with E-state index < -0.39 is 6.04 Å². The minimum absolute atomic E-state index is 0.0993. The lowest BCUT2D eigenvalue weighted by molar-refractivity contribution is -0.125. The lowest BCUT2D eigenvalue weighted by atomic mass is 9.98. The van der Waals surface area contributed by atoms with Gasteiger partial charge < -0.3 is 10.4 Å². The van der Waals surface area contributed by atoms with Gasteiger partial charge in [-0.05, 0) is 21.9 Å². The molecule has 1 aromatic carbocycles. The fourth-order valence-electron chi connectivity index (χ4n) is 2.26. The Hall–Kier alpha value is -2.28. The maximum Gasteiger partial charge on any atom is 0.249 e. The van der Waals surface area contributed by atoms with Crippen molar-refractivity contribution in [1.29, 1.82) is 0 Å². The molecule has 0 aliphatic heterocycles. The van der Waals surface area contributed by atoms with Crippen LogP contribution in [-0.4, -0.2) is 43.9 Å². The number of aliphatic hydroxyl groups is 1. The van der Waals surface area contributed by atoms with Crippen LogP contribution >= 0.6 is 0 Å². The van der Waals surface area contributed by atoms with Crippen molar-refractivity contribution in [2.45, 2.75) is 32.4 Å². The second-order valence-corrected chi connectivity index (χ2v) is 5.29. The standard InChI is InChI=1S/C15H21N5O2/c1-3-11(2)13(9-21)17-15(22)14(20-10-16-18-19-20)12-7-5-4-6-8-12/h4-8,10-11,13-14,21H,3,9H2,1-2H3,(H,17,22). The molecule has 7 nitrogen and oxygen atoms in total. The van der Waals surface area contributed by atoms with E-state index >= 15 is 0 Å². The predicted molar refractivity (Wildman–Crippen MR) is 80.9 cm³/mol. The van der Waals surface area contributed by atoms with E-state index in [-0.39, 0.29) is 24.5 Å². The minimum Gasteiger partial charge on any atom is -0.394 e. The highest BCUT2D eigenvalue weighted by Crippen LogP contribution is 2.18. The van der Waals surface area contributed by atoms with Gasteiger partial charge in [-0.25, -0.2) is 4.68 Å². The van der Waals surface area contributed by atoms with Crippen molar-refractivity contribution in [3.63, 3.8) is 0 Å². The maximum atomic E-state index is 12.7. The molecule has 3 unspecified atom stereocenters. The van der Waals surface area contributed by atoms with Crippen molar-refractivity contribution in [2.75, 3.05) is 6.61 Å². The summed E-state index contributed by atoms with van der Waals surface area (Å²) in [5.74, 6) is -0.0582. The number of aromatic nitrogens is 4. The number of hydrogen-bond donors (Lipinski definition) is 2. The normalized spacial score (nSPS) is 15.0. The summed E-state index contributed by atoms with van der Waals surface area (Å²) >= 11 is 0. The van der Waals surface area contributed by atoms with Gasteiger partial charge in [0.1, 0.15) is 6.33 Å². The fourth-order valence-corrected chi connectivity index (χ4v) is 2.26. The summed E-state index contributed by atoms with van der Waals surface area (Å²) in [7, 11) is 0. The Bertz CT molecular complexity index is 573. The molecule has 0 spiro atoms. The number of hydrogen-bond acceptors (Lipinski definition) is 5. The first-order chi connectivity index (χ1) is 10.7. The summed E-state index contributed by atoms with van der Waals surface area (Å²) in [5, 5.41) is 23.4. The molecule has 0 saturated heterocycles. The third-order valence-electron chi connectivity index (χ3n) is 3.85. The average molecular weight is 303 g/mol. The van der Waals surface area contributed by atoms with Gasteiger partial charge >= 0.3 is 0 Å². The number of nitrogens with zero attached hydrogens (tertiary/aromatic N) is 4. The van der Waals surface area contributed by atoms with E-state index in [1.807, 2.05) is 44.2 Å². The molecule has 0 bridgehead atoms. The minimum atomic E-state index is -0.658. The maximum absolute atomic E-state index is 12.7. The summed E-state index contributed by atoms with van der Waals surface area (Å²) in [5.41, 5.74) is 0.785. The largest absolute Gasteiger partial charge is 0.394 e. The van der Waals surface area contributed by atoms with Gasteiger partial charge in [-0.3, -0.25) is 4.79 Å². The van der Waals surface area contributed by atoms with Gasteiger partial charge in [0.2, 0.25) is 5.91 Å². The molecule has 2 rings (SSSR count). The molecule has 2 aromatic rings. The summed E-state index contributed by atoms with van der Waals surface area (Å²) < 4.78 is 1.41. The molecule has 1 amide bonds. The Morgan fingerprint density at radius 1 is 1.36 bits per heavy atom. The number of aliphatic hydroxyl groups excluding tert-OH is 1. The van der Waals surface area contributed by atoms with Gasteiger partial charge in [-0.1, -0.05) is 50.6 Å². The molecule has 0 fully saturated rings. The topological polar surface area (TPSA) is 92.9 Å². The Morgan fingerprint density at radius 3 is 2.64 bits per heavy atom. The number of tetrazole rings is 1. The van der Waals surface area contributed by atoms with Gasteiger partial charge in [-0.2, -0.15) is 0 Å². The van der Waals surface area contributed by atoms with Crippen LogP contribution in [0.25, 0.3) is 0 Å². The van der Waals surface area contributed by atoms with Crippen LogP contribution < -0.4 is 5.32 Å². The fraction of sp³-hybridized carbons (Fsp3) is 0.467. The van der Waals surface area contributed by atoms with E-state index in [0.717, 1.165) is 12.0 Å². The second-order valence-electron chi connectivity index (χ2n) is 5.29. The molecule has 1 heterocycles. The van der Waals surface area contributed by atoms with Crippen LogP contribution in [-0.2, 0) is 4.79 Å². The second kappa shape index (κ2) is 7.65. The highest BCUT2D eigenvalue weighted by molar-refractivity contribution is 5.83. The van der Waals surface area contributed by atoms with E-state index in [1.165, 1.54) is 11.0 Å². The highest BCUT2D eigenvalue weighted by atomic mass is 16.3. The molecular weight excluding hydrogens is 282 g/mol. The van der Waals surface area contributed by atoms with Crippen LogP contribution in [0, 0.1) is 5.92 Å². The van der Waals surface area contributed by atoms with Crippen molar-refractivity contribution in [1.82, 2.24) is 25.5 Å². The first-order valence-electron chi connectivity index (χ1n) is 7.36. The van der Waals surface area contributed by atoms with Gasteiger partial charge in [0.05, 0.1) is 12.6 Å².